The standard InChI is InChI=1S/C15H25N3O/c1-4-8-16-10-13-5-6-15(17-12(13)2)18-9-7-14(11-18)19-3/h5-6,14,16H,4,7-11H2,1-3H3. The summed E-state index contributed by atoms with van der Waals surface area (Å²) in [5.74, 6) is 1.08. The fourth-order valence-electron chi connectivity index (χ4n) is 2.47. The highest BCUT2D eigenvalue weighted by Crippen LogP contribution is 2.21. The van der Waals surface area contributed by atoms with Crippen LogP contribution in [-0.2, 0) is 11.3 Å². The average molecular weight is 263 g/mol. The van der Waals surface area contributed by atoms with Crippen molar-refractivity contribution in [3.63, 3.8) is 0 Å². The second kappa shape index (κ2) is 6.87. The third-order valence-electron chi connectivity index (χ3n) is 3.73. The fraction of sp³-hybridized carbons (Fsp3) is 0.667. The van der Waals surface area contributed by atoms with Gasteiger partial charge in [0.15, 0.2) is 0 Å². The molecule has 1 aromatic heterocycles. The smallest absolute Gasteiger partial charge is 0.128 e. The van der Waals surface area contributed by atoms with Crippen molar-refractivity contribution in [2.45, 2.75) is 39.3 Å². The van der Waals surface area contributed by atoms with Crippen LogP contribution in [0.25, 0.3) is 0 Å². The lowest BCUT2D eigenvalue weighted by Crippen LogP contribution is -2.23. The fourth-order valence-corrected chi connectivity index (χ4v) is 2.47. The van der Waals surface area contributed by atoms with Crippen molar-refractivity contribution in [3.05, 3.63) is 23.4 Å². The van der Waals surface area contributed by atoms with E-state index in [0.717, 1.165) is 50.5 Å². The zero-order valence-corrected chi connectivity index (χ0v) is 12.3. The Morgan fingerprint density at radius 1 is 1.47 bits per heavy atom. The van der Waals surface area contributed by atoms with E-state index in [1.165, 1.54) is 5.56 Å². The van der Waals surface area contributed by atoms with Crippen LogP contribution < -0.4 is 10.2 Å². The van der Waals surface area contributed by atoms with Gasteiger partial charge in [-0.05, 0) is 37.9 Å². The van der Waals surface area contributed by atoms with Gasteiger partial charge >= 0.3 is 0 Å². The predicted octanol–water partition coefficient (Wildman–Crippen LogP) is 2.11. The molecule has 4 nitrogen and oxygen atoms in total. The quantitative estimate of drug-likeness (QED) is 0.798. The summed E-state index contributed by atoms with van der Waals surface area (Å²) < 4.78 is 5.40. The SMILES string of the molecule is CCCNCc1ccc(N2CCC(OC)C2)nc1C. The van der Waals surface area contributed by atoms with Gasteiger partial charge in [0.1, 0.15) is 5.82 Å². The minimum Gasteiger partial charge on any atom is -0.380 e. The van der Waals surface area contributed by atoms with Gasteiger partial charge < -0.3 is 15.0 Å². The first-order chi connectivity index (χ1) is 9.24. The van der Waals surface area contributed by atoms with E-state index in [4.69, 9.17) is 9.72 Å². The maximum Gasteiger partial charge on any atom is 0.128 e. The van der Waals surface area contributed by atoms with Crippen molar-refractivity contribution in [1.29, 1.82) is 0 Å². The van der Waals surface area contributed by atoms with Crippen LogP contribution in [0.3, 0.4) is 0 Å². The van der Waals surface area contributed by atoms with Crippen molar-refractivity contribution in [2.75, 3.05) is 31.6 Å². The highest BCUT2D eigenvalue weighted by Gasteiger charge is 2.23. The van der Waals surface area contributed by atoms with Gasteiger partial charge in [0, 0.05) is 32.4 Å². The number of nitrogens with zero attached hydrogens (tertiary/aromatic N) is 2. The van der Waals surface area contributed by atoms with Crippen molar-refractivity contribution in [1.82, 2.24) is 10.3 Å². The Kier molecular flexibility index (Phi) is 5.16. The Bertz CT molecular complexity index is 408. The predicted molar refractivity (Wildman–Crippen MR) is 78.6 cm³/mol. The topological polar surface area (TPSA) is 37.4 Å². The molecule has 1 atom stereocenters. The Balaban J connectivity index is 1.98. The van der Waals surface area contributed by atoms with Gasteiger partial charge in [-0.2, -0.15) is 0 Å². The molecule has 1 aromatic rings. The summed E-state index contributed by atoms with van der Waals surface area (Å²) in [6.07, 6.45) is 2.61. The van der Waals surface area contributed by atoms with Crippen molar-refractivity contribution in [2.24, 2.45) is 0 Å². The number of hydrogen-bond acceptors (Lipinski definition) is 4. The molecule has 0 bridgehead atoms. The molecule has 0 amide bonds. The number of hydrogen-bond donors (Lipinski definition) is 1. The molecule has 0 saturated carbocycles. The molecule has 1 N–H and O–H groups in total. The third-order valence-corrected chi connectivity index (χ3v) is 3.73. The van der Waals surface area contributed by atoms with E-state index < -0.39 is 0 Å². The number of nitrogens with one attached hydrogen (secondary N) is 1. The molecule has 1 saturated heterocycles. The molecule has 2 rings (SSSR count). The second-order valence-corrected chi connectivity index (χ2v) is 5.18. The number of aryl methyl sites for hydroxylation is 1. The van der Waals surface area contributed by atoms with Crippen molar-refractivity contribution < 1.29 is 4.74 Å². The lowest BCUT2D eigenvalue weighted by atomic mass is 10.2. The molecule has 1 aliphatic heterocycles. The highest BCUT2D eigenvalue weighted by atomic mass is 16.5. The molecule has 1 fully saturated rings. The summed E-state index contributed by atoms with van der Waals surface area (Å²) in [5.41, 5.74) is 2.42. The third kappa shape index (κ3) is 3.67. The van der Waals surface area contributed by atoms with E-state index in [-0.39, 0.29) is 0 Å². The zero-order chi connectivity index (χ0) is 13.7. The number of aromatic nitrogens is 1. The summed E-state index contributed by atoms with van der Waals surface area (Å²) in [6.45, 7) is 8.24. The highest BCUT2D eigenvalue weighted by molar-refractivity contribution is 5.43. The normalized spacial score (nSPS) is 19.1. The largest absolute Gasteiger partial charge is 0.380 e. The number of ether oxygens (including phenoxy) is 1. The molecule has 19 heavy (non-hydrogen) atoms. The summed E-state index contributed by atoms with van der Waals surface area (Å²) in [7, 11) is 1.79. The van der Waals surface area contributed by atoms with Gasteiger partial charge in [-0.25, -0.2) is 4.98 Å². The monoisotopic (exact) mass is 263 g/mol. The number of anilines is 1. The van der Waals surface area contributed by atoms with Gasteiger partial charge in [0.2, 0.25) is 0 Å². The molecule has 0 aromatic carbocycles. The first-order valence-electron chi connectivity index (χ1n) is 7.19. The van der Waals surface area contributed by atoms with E-state index >= 15 is 0 Å². The zero-order valence-electron chi connectivity index (χ0n) is 12.3. The van der Waals surface area contributed by atoms with Crippen molar-refractivity contribution >= 4 is 5.82 Å². The molecule has 4 heteroatoms. The number of methoxy groups -OCH3 is 1. The van der Waals surface area contributed by atoms with Crippen LogP contribution in [0.5, 0.6) is 0 Å². The van der Waals surface area contributed by atoms with Crippen LogP contribution in [-0.4, -0.2) is 37.8 Å². The Morgan fingerprint density at radius 2 is 2.32 bits per heavy atom. The maximum absolute atomic E-state index is 5.40. The summed E-state index contributed by atoms with van der Waals surface area (Å²) >= 11 is 0. The first kappa shape index (κ1) is 14.3. The lowest BCUT2D eigenvalue weighted by Gasteiger charge is -2.18. The molecule has 1 unspecified atom stereocenters. The Labute approximate surface area is 116 Å². The Hall–Kier alpha value is -1.13. The van der Waals surface area contributed by atoms with Crippen LogP contribution >= 0.6 is 0 Å². The Morgan fingerprint density at radius 3 is 2.95 bits per heavy atom. The minimum absolute atomic E-state index is 0.355. The summed E-state index contributed by atoms with van der Waals surface area (Å²) in [6, 6.07) is 4.33. The van der Waals surface area contributed by atoms with Crippen LogP contribution in [0.4, 0.5) is 5.82 Å². The van der Waals surface area contributed by atoms with Crippen LogP contribution in [0.2, 0.25) is 0 Å². The van der Waals surface area contributed by atoms with Gasteiger partial charge in [-0.15, -0.1) is 0 Å². The van der Waals surface area contributed by atoms with E-state index in [2.05, 4.69) is 36.2 Å². The molecule has 0 spiro atoms. The lowest BCUT2D eigenvalue weighted by molar-refractivity contribution is 0.121. The number of pyridine rings is 1. The van der Waals surface area contributed by atoms with Gasteiger partial charge in [-0.1, -0.05) is 13.0 Å². The summed E-state index contributed by atoms with van der Waals surface area (Å²) in [5, 5.41) is 3.42. The molecular formula is C15H25N3O. The van der Waals surface area contributed by atoms with Gasteiger partial charge in [0.05, 0.1) is 6.10 Å². The molecule has 106 valence electrons. The molecule has 0 radical (unpaired) electrons. The second-order valence-electron chi connectivity index (χ2n) is 5.18. The van der Waals surface area contributed by atoms with E-state index in [1.54, 1.807) is 7.11 Å². The average Bonchev–Trinajstić information content (AvgIpc) is 2.89. The van der Waals surface area contributed by atoms with Crippen LogP contribution in [0.1, 0.15) is 31.0 Å². The van der Waals surface area contributed by atoms with E-state index in [1.807, 2.05) is 0 Å². The van der Waals surface area contributed by atoms with Gasteiger partial charge in [-0.3, -0.25) is 0 Å². The maximum atomic E-state index is 5.40. The molecule has 1 aliphatic rings. The number of rotatable bonds is 6. The minimum atomic E-state index is 0.355. The molecular weight excluding hydrogens is 238 g/mol. The van der Waals surface area contributed by atoms with Crippen LogP contribution in [0, 0.1) is 6.92 Å². The summed E-state index contributed by atoms with van der Waals surface area (Å²) in [4.78, 5) is 7.04. The first-order valence-corrected chi connectivity index (χ1v) is 7.19. The molecule has 2 heterocycles. The van der Waals surface area contributed by atoms with E-state index in [9.17, 15) is 0 Å². The van der Waals surface area contributed by atoms with Gasteiger partial charge in [0.25, 0.3) is 0 Å². The van der Waals surface area contributed by atoms with Crippen molar-refractivity contribution in [3.8, 4) is 0 Å². The van der Waals surface area contributed by atoms with Crippen LogP contribution in [0.15, 0.2) is 12.1 Å². The molecule has 0 aliphatic carbocycles. The van der Waals surface area contributed by atoms with E-state index in [0.29, 0.717) is 6.10 Å².